The lowest BCUT2D eigenvalue weighted by molar-refractivity contribution is -0.135. The molecule has 2 aromatic carbocycles. The number of halogens is 1. The fourth-order valence-electron chi connectivity index (χ4n) is 3.40. The molecule has 1 N–H and O–H groups in total. The minimum absolute atomic E-state index is 0.0328. The minimum atomic E-state index is -0.102. The Morgan fingerprint density at radius 3 is 2.37 bits per heavy atom. The Morgan fingerprint density at radius 1 is 1.13 bits per heavy atom. The second kappa shape index (κ2) is 9.67. The lowest BCUT2D eigenvalue weighted by Crippen LogP contribution is -2.51. The summed E-state index contributed by atoms with van der Waals surface area (Å²) in [6, 6.07) is 11.7. The molecule has 0 atom stereocenters. The number of nitrogens with zero attached hydrogens (tertiary/aromatic N) is 2. The maximum atomic E-state index is 12.6. The van der Waals surface area contributed by atoms with Crippen molar-refractivity contribution in [3.63, 3.8) is 0 Å². The first-order valence-corrected chi connectivity index (χ1v) is 10.2. The minimum Gasteiger partial charge on any atom is -0.495 e. The Morgan fingerprint density at radius 2 is 1.77 bits per heavy atom. The second-order valence-corrected chi connectivity index (χ2v) is 7.57. The van der Waals surface area contributed by atoms with Crippen LogP contribution in [0, 0.1) is 6.92 Å². The number of carbonyl (C=O) groups excluding carboxylic acids is 2. The van der Waals surface area contributed by atoms with Gasteiger partial charge in [0.2, 0.25) is 11.8 Å². The summed E-state index contributed by atoms with van der Waals surface area (Å²) in [5.74, 6) is 0.439. The maximum Gasteiger partial charge on any atom is 0.246 e. The largest absolute Gasteiger partial charge is 0.495 e. The van der Waals surface area contributed by atoms with E-state index in [-0.39, 0.29) is 18.4 Å². The van der Waals surface area contributed by atoms with Crippen LogP contribution in [0.1, 0.15) is 5.56 Å². The highest BCUT2D eigenvalue weighted by Gasteiger charge is 2.23. The summed E-state index contributed by atoms with van der Waals surface area (Å²) < 4.78 is 5.44. The molecule has 0 aromatic heterocycles. The van der Waals surface area contributed by atoms with Gasteiger partial charge in [0.1, 0.15) is 5.75 Å². The number of rotatable bonds is 6. The Bertz CT molecular complexity index is 935. The molecule has 1 fully saturated rings. The van der Waals surface area contributed by atoms with Crippen LogP contribution < -0.4 is 10.1 Å². The van der Waals surface area contributed by atoms with Gasteiger partial charge in [0.15, 0.2) is 0 Å². The molecule has 0 spiro atoms. The lowest BCUT2D eigenvalue weighted by Gasteiger charge is -2.34. The zero-order valence-corrected chi connectivity index (χ0v) is 18.0. The molecule has 158 valence electrons. The predicted octanol–water partition coefficient (Wildman–Crippen LogP) is 3.59. The van der Waals surface area contributed by atoms with E-state index in [0.717, 1.165) is 11.1 Å². The molecule has 30 heavy (non-hydrogen) atoms. The third-order valence-corrected chi connectivity index (χ3v) is 5.51. The van der Waals surface area contributed by atoms with Crippen LogP contribution in [0.4, 0.5) is 5.69 Å². The molecular weight excluding hydrogens is 402 g/mol. The van der Waals surface area contributed by atoms with E-state index < -0.39 is 0 Å². The van der Waals surface area contributed by atoms with Crippen molar-refractivity contribution in [3.05, 3.63) is 59.6 Å². The van der Waals surface area contributed by atoms with Crippen LogP contribution >= 0.6 is 11.6 Å². The van der Waals surface area contributed by atoms with Gasteiger partial charge in [-0.2, -0.15) is 0 Å². The molecular formula is C23H26ClN3O3. The van der Waals surface area contributed by atoms with Gasteiger partial charge in [-0.05, 0) is 24.6 Å². The van der Waals surface area contributed by atoms with Crippen molar-refractivity contribution in [1.29, 1.82) is 0 Å². The number of piperazine rings is 1. The van der Waals surface area contributed by atoms with E-state index >= 15 is 0 Å². The van der Waals surface area contributed by atoms with Crippen molar-refractivity contribution in [2.45, 2.75) is 6.92 Å². The number of hydrogen-bond donors (Lipinski definition) is 1. The summed E-state index contributed by atoms with van der Waals surface area (Å²) in [7, 11) is 1.57. The number of aryl methyl sites for hydroxylation is 1. The molecule has 6 nitrogen and oxygen atoms in total. The van der Waals surface area contributed by atoms with Gasteiger partial charge in [-0.3, -0.25) is 9.59 Å². The van der Waals surface area contributed by atoms with Crippen molar-refractivity contribution in [2.24, 2.45) is 0 Å². The van der Waals surface area contributed by atoms with Gasteiger partial charge < -0.3 is 19.9 Å². The summed E-state index contributed by atoms with van der Waals surface area (Å²) in [6.45, 7) is 7.70. The number of nitrogens with one attached hydrogen (secondary N) is 1. The SMILES string of the molecule is C=CC(=O)N1CCN(C(=O)CNc2cc(-c3ccc(C)cc3)c(Cl)cc2OC)CC1. The molecule has 3 rings (SSSR count). The third kappa shape index (κ3) is 4.94. The van der Waals surface area contributed by atoms with Gasteiger partial charge in [-0.1, -0.05) is 48.0 Å². The fraction of sp³-hybridized carbons (Fsp3) is 0.304. The normalized spacial score (nSPS) is 13.7. The van der Waals surface area contributed by atoms with Crippen molar-refractivity contribution in [2.75, 3.05) is 45.2 Å². The quantitative estimate of drug-likeness (QED) is 0.715. The van der Waals surface area contributed by atoms with Gasteiger partial charge in [0, 0.05) is 37.8 Å². The molecule has 7 heteroatoms. The predicted molar refractivity (Wildman–Crippen MR) is 120 cm³/mol. The summed E-state index contributed by atoms with van der Waals surface area (Å²) in [5, 5.41) is 3.76. The molecule has 0 aliphatic carbocycles. The molecule has 2 amide bonds. The van der Waals surface area contributed by atoms with Gasteiger partial charge in [0.05, 0.1) is 24.4 Å². The number of hydrogen-bond acceptors (Lipinski definition) is 4. The first-order valence-electron chi connectivity index (χ1n) is 9.80. The Balaban J connectivity index is 1.69. The van der Waals surface area contributed by atoms with E-state index in [2.05, 4.69) is 11.9 Å². The van der Waals surface area contributed by atoms with Crippen LogP contribution in [0.2, 0.25) is 5.02 Å². The number of carbonyl (C=O) groups is 2. The zero-order chi connectivity index (χ0) is 21.7. The molecule has 0 unspecified atom stereocenters. The molecule has 0 saturated carbocycles. The van der Waals surface area contributed by atoms with Crippen LogP contribution in [0.15, 0.2) is 49.1 Å². The average molecular weight is 428 g/mol. The highest BCUT2D eigenvalue weighted by Crippen LogP contribution is 2.37. The molecule has 0 radical (unpaired) electrons. The van der Waals surface area contributed by atoms with E-state index in [9.17, 15) is 9.59 Å². The first kappa shape index (κ1) is 21.7. The smallest absolute Gasteiger partial charge is 0.246 e. The number of anilines is 1. The van der Waals surface area contributed by atoms with Crippen LogP contribution in [-0.2, 0) is 9.59 Å². The van der Waals surface area contributed by atoms with Gasteiger partial charge in [0.25, 0.3) is 0 Å². The van der Waals surface area contributed by atoms with E-state index in [4.69, 9.17) is 16.3 Å². The fourth-order valence-corrected chi connectivity index (χ4v) is 3.67. The highest BCUT2D eigenvalue weighted by molar-refractivity contribution is 6.33. The molecule has 1 aliphatic heterocycles. The van der Waals surface area contributed by atoms with Crippen LogP contribution in [-0.4, -0.2) is 61.4 Å². The molecule has 0 bridgehead atoms. The molecule has 1 aliphatic rings. The molecule has 1 heterocycles. The Hall–Kier alpha value is -2.99. The number of amides is 2. The van der Waals surface area contributed by atoms with Crippen LogP contribution in [0.25, 0.3) is 11.1 Å². The summed E-state index contributed by atoms with van der Waals surface area (Å²) in [5.41, 5.74) is 3.73. The van der Waals surface area contributed by atoms with E-state index in [1.54, 1.807) is 23.0 Å². The Labute approximate surface area is 182 Å². The van der Waals surface area contributed by atoms with Crippen molar-refractivity contribution in [1.82, 2.24) is 9.80 Å². The average Bonchev–Trinajstić information content (AvgIpc) is 2.78. The number of ether oxygens (including phenoxy) is 1. The number of methoxy groups -OCH3 is 1. The van der Waals surface area contributed by atoms with E-state index in [1.807, 2.05) is 37.3 Å². The number of benzene rings is 2. The molecule has 1 saturated heterocycles. The Kier molecular flexibility index (Phi) is 7.00. The van der Waals surface area contributed by atoms with Crippen molar-refractivity contribution in [3.8, 4) is 16.9 Å². The van der Waals surface area contributed by atoms with Gasteiger partial charge >= 0.3 is 0 Å². The first-order chi connectivity index (χ1) is 14.4. The van der Waals surface area contributed by atoms with Crippen molar-refractivity contribution < 1.29 is 14.3 Å². The van der Waals surface area contributed by atoms with Gasteiger partial charge in [-0.25, -0.2) is 0 Å². The maximum absolute atomic E-state index is 12.6. The highest BCUT2D eigenvalue weighted by atomic mass is 35.5. The molecule has 2 aromatic rings. The third-order valence-electron chi connectivity index (χ3n) is 5.20. The van der Waals surface area contributed by atoms with Gasteiger partial charge in [-0.15, -0.1) is 0 Å². The summed E-state index contributed by atoms with van der Waals surface area (Å²) in [6.07, 6.45) is 1.30. The van der Waals surface area contributed by atoms with E-state index in [1.165, 1.54) is 11.6 Å². The monoisotopic (exact) mass is 427 g/mol. The standard InChI is InChI=1S/C23H26ClN3O3/c1-4-22(28)26-9-11-27(12-10-26)23(29)15-25-20-13-18(19(24)14-21(20)30-3)17-7-5-16(2)6-8-17/h4-8,13-14,25H,1,9-12,15H2,2-3H3. The second-order valence-electron chi connectivity index (χ2n) is 7.16. The van der Waals surface area contributed by atoms with Crippen molar-refractivity contribution >= 4 is 29.1 Å². The summed E-state index contributed by atoms with van der Waals surface area (Å²) >= 11 is 6.47. The topological polar surface area (TPSA) is 61.9 Å². The van der Waals surface area contributed by atoms with Crippen LogP contribution in [0.5, 0.6) is 5.75 Å². The van der Waals surface area contributed by atoms with Crippen LogP contribution in [0.3, 0.4) is 0 Å². The lowest BCUT2D eigenvalue weighted by atomic mass is 10.0. The zero-order valence-electron chi connectivity index (χ0n) is 17.3. The summed E-state index contributed by atoms with van der Waals surface area (Å²) in [4.78, 5) is 27.8. The van der Waals surface area contributed by atoms with E-state index in [0.29, 0.717) is 42.6 Å².